The largest absolute Gasteiger partial charge is 0.454 e. The molecule has 0 bridgehead atoms. The first kappa shape index (κ1) is 17.5. The van der Waals surface area contributed by atoms with Crippen LogP contribution in [0.5, 0.6) is 11.5 Å². The van der Waals surface area contributed by atoms with Crippen LogP contribution in [0.15, 0.2) is 42.6 Å². The lowest BCUT2D eigenvalue weighted by atomic mass is 9.85. The quantitative estimate of drug-likeness (QED) is 0.843. The van der Waals surface area contributed by atoms with Gasteiger partial charge in [-0.1, -0.05) is 12.1 Å². The standard InChI is InChI=1S/C21H24N4O3/c26-20(7-5-15-3-1-2-9-22-15)25-10-8-17-16(12-25)21(24-23-17)14-4-6-18-19(11-14)28-13-27-18/h1-4,6,9,11,16-17,21,23-24H,5,7-8,10,12-13H2. The number of benzene rings is 1. The molecule has 0 saturated carbocycles. The second-order valence-corrected chi connectivity index (χ2v) is 7.60. The van der Waals surface area contributed by atoms with Crippen molar-refractivity contribution in [1.82, 2.24) is 20.7 Å². The van der Waals surface area contributed by atoms with Crippen LogP contribution in [-0.2, 0) is 11.2 Å². The van der Waals surface area contributed by atoms with Crippen LogP contribution in [-0.4, -0.2) is 41.7 Å². The highest BCUT2D eigenvalue weighted by molar-refractivity contribution is 5.76. The highest BCUT2D eigenvalue weighted by atomic mass is 16.7. The molecule has 1 aromatic carbocycles. The molecule has 7 nitrogen and oxygen atoms in total. The van der Waals surface area contributed by atoms with Gasteiger partial charge in [-0.2, -0.15) is 0 Å². The number of hydrogen-bond donors (Lipinski definition) is 2. The van der Waals surface area contributed by atoms with Gasteiger partial charge in [0.25, 0.3) is 0 Å². The van der Waals surface area contributed by atoms with E-state index in [2.05, 4.69) is 21.9 Å². The Labute approximate surface area is 164 Å². The minimum Gasteiger partial charge on any atom is -0.454 e. The second kappa shape index (κ2) is 7.41. The third-order valence-corrected chi connectivity index (χ3v) is 5.94. The first-order chi connectivity index (χ1) is 13.8. The van der Waals surface area contributed by atoms with Crippen molar-refractivity contribution in [2.75, 3.05) is 19.9 Å². The lowest BCUT2D eigenvalue weighted by Crippen LogP contribution is -2.47. The van der Waals surface area contributed by atoms with Gasteiger partial charge in [-0.25, -0.2) is 5.43 Å². The smallest absolute Gasteiger partial charge is 0.231 e. The van der Waals surface area contributed by atoms with E-state index in [1.54, 1.807) is 6.20 Å². The molecule has 2 saturated heterocycles. The van der Waals surface area contributed by atoms with Gasteiger partial charge in [0.1, 0.15) is 0 Å². The van der Waals surface area contributed by atoms with Crippen molar-refractivity contribution in [3.05, 3.63) is 53.9 Å². The monoisotopic (exact) mass is 380 g/mol. The molecule has 3 aliphatic rings. The van der Waals surface area contributed by atoms with Gasteiger partial charge in [0, 0.05) is 43.4 Å². The van der Waals surface area contributed by atoms with E-state index in [1.165, 1.54) is 0 Å². The van der Waals surface area contributed by atoms with Gasteiger partial charge >= 0.3 is 0 Å². The number of likely N-dealkylation sites (tertiary alicyclic amines) is 1. The van der Waals surface area contributed by atoms with Gasteiger partial charge in [-0.05, 0) is 42.7 Å². The molecule has 2 aromatic rings. The highest BCUT2D eigenvalue weighted by Gasteiger charge is 2.41. The van der Waals surface area contributed by atoms with E-state index < -0.39 is 0 Å². The lowest BCUT2D eigenvalue weighted by molar-refractivity contribution is -0.133. The molecular formula is C21H24N4O3. The lowest BCUT2D eigenvalue weighted by Gasteiger charge is -2.36. The first-order valence-electron chi connectivity index (χ1n) is 9.86. The summed E-state index contributed by atoms with van der Waals surface area (Å²) in [5.41, 5.74) is 8.98. The van der Waals surface area contributed by atoms with E-state index in [4.69, 9.17) is 9.47 Å². The van der Waals surface area contributed by atoms with Crippen molar-refractivity contribution in [3.63, 3.8) is 0 Å². The fourth-order valence-corrected chi connectivity index (χ4v) is 4.41. The fraction of sp³-hybridized carbons (Fsp3) is 0.429. The molecule has 1 aromatic heterocycles. The summed E-state index contributed by atoms with van der Waals surface area (Å²) >= 11 is 0. The van der Waals surface area contributed by atoms with E-state index in [1.807, 2.05) is 35.2 Å². The van der Waals surface area contributed by atoms with E-state index in [0.29, 0.717) is 24.8 Å². The first-order valence-corrected chi connectivity index (χ1v) is 9.86. The van der Waals surface area contributed by atoms with Gasteiger partial charge < -0.3 is 14.4 Å². The zero-order chi connectivity index (χ0) is 18.9. The number of nitrogens with zero attached hydrogens (tertiary/aromatic N) is 2. The SMILES string of the molecule is O=C(CCc1ccccn1)N1CCC2NNC(c3ccc4c(c3)OCO4)C2C1. The molecule has 0 spiro atoms. The summed E-state index contributed by atoms with van der Waals surface area (Å²) in [6, 6.07) is 12.4. The maximum absolute atomic E-state index is 12.8. The predicted octanol–water partition coefficient (Wildman–Crippen LogP) is 1.81. The second-order valence-electron chi connectivity index (χ2n) is 7.60. The third kappa shape index (κ3) is 3.31. The number of pyridine rings is 1. The number of aromatic nitrogens is 1. The van der Waals surface area contributed by atoms with Crippen LogP contribution in [0.3, 0.4) is 0 Å². The zero-order valence-electron chi connectivity index (χ0n) is 15.6. The van der Waals surface area contributed by atoms with Crippen molar-refractivity contribution < 1.29 is 14.3 Å². The highest BCUT2D eigenvalue weighted by Crippen LogP contribution is 2.39. The molecule has 28 heavy (non-hydrogen) atoms. The fourth-order valence-electron chi connectivity index (χ4n) is 4.41. The summed E-state index contributed by atoms with van der Waals surface area (Å²) in [5, 5.41) is 0. The Balaban J connectivity index is 1.25. The molecule has 3 unspecified atom stereocenters. The van der Waals surface area contributed by atoms with Crippen molar-refractivity contribution in [3.8, 4) is 11.5 Å². The van der Waals surface area contributed by atoms with Gasteiger partial charge in [0.2, 0.25) is 12.7 Å². The van der Waals surface area contributed by atoms with Crippen molar-refractivity contribution in [2.45, 2.75) is 31.3 Å². The molecule has 4 heterocycles. The number of carbonyl (C=O) groups is 1. The van der Waals surface area contributed by atoms with E-state index >= 15 is 0 Å². The molecule has 5 rings (SSSR count). The minimum atomic E-state index is 0.144. The third-order valence-electron chi connectivity index (χ3n) is 5.94. The van der Waals surface area contributed by atoms with Crippen molar-refractivity contribution in [1.29, 1.82) is 0 Å². The molecule has 7 heteroatoms. The topological polar surface area (TPSA) is 75.7 Å². The summed E-state index contributed by atoms with van der Waals surface area (Å²) in [5.74, 6) is 2.12. The van der Waals surface area contributed by atoms with Crippen LogP contribution >= 0.6 is 0 Å². The summed E-state index contributed by atoms with van der Waals surface area (Å²) in [6.07, 6.45) is 3.92. The predicted molar refractivity (Wildman–Crippen MR) is 103 cm³/mol. The van der Waals surface area contributed by atoms with Crippen LogP contribution in [0.2, 0.25) is 0 Å². The number of ether oxygens (including phenoxy) is 2. The van der Waals surface area contributed by atoms with E-state index in [9.17, 15) is 4.79 Å². The van der Waals surface area contributed by atoms with E-state index in [-0.39, 0.29) is 18.7 Å². The Morgan fingerprint density at radius 1 is 1.18 bits per heavy atom. The molecule has 0 radical (unpaired) electrons. The molecule has 3 atom stereocenters. The molecule has 0 aliphatic carbocycles. The average molecular weight is 380 g/mol. The van der Waals surface area contributed by atoms with Crippen LogP contribution in [0.1, 0.15) is 30.1 Å². The van der Waals surface area contributed by atoms with Gasteiger partial charge in [0.15, 0.2) is 11.5 Å². The van der Waals surface area contributed by atoms with Crippen LogP contribution in [0.4, 0.5) is 0 Å². The molecule has 146 valence electrons. The number of carbonyl (C=O) groups excluding carboxylic acids is 1. The number of piperidine rings is 1. The minimum absolute atomic E-state index is 0.144. The van der Waals surface area contributed by atoms with Crippen LogP contribution in [0.25, 0.3) is 0 Å². The molecule has 2 N–H and O–H groups in total. The molecular weight excluding hydrogens is 356 g/mol. The van der Waals surface area contributed by atoms with Gasteiger partial charge in [-0.3, -0.25) is 15.2 Å². The van der Waals surface area contributed by atoms with E-state index in [0.717, 1.165) is 42.3 Å². The molecule has 2 fully saturated rings. The Hall–Kier alpha value is -2.64. The van der Waals surface area contributed by atoms with Crippen molar-refractivity contribution in [2.24, 2.45) is 5.92 Å². The maximum Gasteiger partial charge on any atom is 0.231 e. The van der Waals surface area contributed by atoms with Crippen LogP contribution < -0.4 is 20.3 Å². The number of hydrazine groups is 1. The zero-order valence-corrected chi connectivity index (χ0v) is 15.6. The molecule has 1 amide bonds. The number of fused-ring (bicyclic) bond motifs is 2. The average Bonchev–Trinajstić information content (AvgIpc) is 3.38. The Kier molecular flexibility index (Phi) is 4.62. The number of nitrogens with one attached hydrogen (secondary N) is 2. The Morgan fingerprint density at radius 3 is 3.00 bits per heavy atom. The summed E-state index contributed by atoms with van der Waals surface area (Å²) < 4.78 is 10.9. The van der Waals surface area contributed by atoms with Gasteiger partial charge in [0.05, 0.1) is 6.04 Å². The number of aryl methyl sites for hydroxylation is 1. The van der Waals surface area contributed by atoms with Crippen molar-refractivity contribution >= 4 is 5.91 Å². The summed E-state index contributed by atoms with van der Waals surface area (Å²) in [6.45, 7) is 1.83. The Bertz CT molecular complexity index is 860. The Morgan fingerprint density at radius 2 is 2.11 bits per heavy atom. The number of rotatable bonds is 4. The maximum atomic E-state index is 12.8. The number of amides is 1. The summed E-state index contributed by atoms with van der Waals surface area (Å²) in [4.78, 5) is 19.1. The normalized spacial score (nSPS) is 25.6. The molecule has 3 aliphatic heterocycles. The summed E-state index contributed by atoms with van der Waals surface area (Å²) in [7, 11) is 0. The number of hydrogen-bond acceptors (Lipinski definition) is 6. The van der Waals surface area contributed by atoms with Gasteiger partial charge in [-0.15, -0.1) is 0 Å². The van der Waals surface area contributed by atoms with Crippen LogP contribution in [0, 0.1) is 5.92 Å².